The summed E-state index contributed by atoms with van der Waals surface area (Å²) < 4.78 is 17.1. The molecule has 1 aliphatic carbocycles. The smallest absolute Gasteiger partial charge is 0.309 e. The molecular weight excluding hydrogens is 422 g/mol. The third-order valence-electron chi connectivity index (χ3n) is 6.19. The molecule has 7 heteroatoms. The Morgan fingerprint density at radius 3 is 2.42 bits per heavy atom. The minimum absolute atomic E-state index is 0.117. The molecule has 3 atom stereocenters. The van der Waals surface area contributed by atoms with Crippen molar-refractivity contribution in [1.29, 1.82) is 0 Å². The zero-order valence-corrected chi connectivity index (χ0v) is 19.7. The molecule has 3 rings (SSSR count). The molecular formula is C26H33NO6. The average molecular weight is 456 g/mol. The van der Waals surface area contributed by atoms with Crippen LogP contribution in [0.3, 0.4) is 0 Å². The zero-order chi connectivity index (χ0) is 24.0. The SMILES string of the molecule is COc1ccnc(C(=O)C[C@@H](C)C(=O)O[C@@H](C)[C@H](Oc2ccc(C)cc2)C2CCCC2)c1O. The first-order valence-electron chi connectivity index (χ1n) is 11.5. The Balaban J connectivity index is 1.64. The Morgan fingerprint density at radius 2 is 1.79 bits per heavy atom. The van der Waals surface area contributed by atoms with Crippen LogP contribution in [-0.4, -0.2) is 41.2 Å². The fourth-order valence-corrected chi connectivity index (χ4v) is 4.26. The summed E-state index contributed by atoms with van der Waals surface area (Å²) in [5.74, 6) is -0.736. The topological polar surface area (TPSA) is 95.0 Å². The molecule has 0 saturated heterocycles. The maximum absolute atomic E-state index is 12.8. The van der Waals surface area contributed by atoms with Gasteiger partial charge in [-0.15, -0.1) is 0 Å². The van der Waals surface area contributed by atoms with Gasteiger partial charge >= 0.3 is 5.97 Å². The van der Waals surface area contributed by atoms with E-state index in [0.717, 1.165) is 37.0 Å². The molecule has 1 aliphatic rings. The lowest BCUT2D eigenvalue weighted by atomic mass is 9.96. The number of esters is 1. The van der Waals surface area contributed by atoms with Gasteiger partial charge in [-0.25, -0.2) is 4.98 Å². The second-order valence-electron chi connectivity index (χ2n) is 8.82. The van der Waals surface area contributed by atoms with Gasteiger partial charge in [-0.2, -0.15) is 0 Å². The number of aromatic nitrogens is 1. The van der Waals surface area contributed by atoms with Crippen molar-refractivity contribution in [3.05, 3.63) is 47.8 Å². The molecule has 1 aromatic carbocycles. The van der Waals surface area contributed by atoms with E-state index in [1.54, 1.807) is 6.92 Å². The van der Waals surface area contributed by atoms with Gasteiger partial charge in [0.25, 0.3) is 0 Å². The summed E-state index contributed by atoms with van der Waals surface area (Å²) >= 11 is 0. The standard InChI is InChI=1S/C26H33NO6/c1-16-9-11-20(12-10-16)33-25(19-7-5-6-8-19)18(3)32-26(30)17(2)15-21(28)23-24(29)22(31-4)13-14-27-23/h9-14,17-19,25,29H,5-8,15H2,1-4H3/t17-,18+,25+/m1/s1. The number of hydrogen-bond acceptors (Lipinski definition) is 7. The lowest BCUT2D eigenvalue weighted by Gasteiger charge is -2.30. The van der Waals surface area contributed by atoms with E-state index in [9.17, 15) is 14.7 Å². The monoisotopic (exact) mass is 455 g/mol. The van der Waals surface area contributed by atoms with Gasteiger partial charge in [-0.1, -0.05) is 37.5 Å². The predicted molar refractivity (Wildman–Crippen MR) is 124 cm³/mol. The van der Waals surface area contributed by atoms with Crippen molar-refractivity contribution in [3.8, 4) is 17.2 Å². The van der Waals surface area contributed by atoms with Crippen LogP contribution in [0.2, 0.25) is 0 Å². The maximum atomic E-state index is 12.8. The molecule has 7 nitrogen and oxygen atoms in total. The molecule has 1 saturated carbocycles. The third-order valence-corrected chi connectivity index (χ3v) is 6.19. The van der Waals surface area contributed by atoms with E-state index in [1.807, 2.05) is 38.1 Å². The Kier molecular flexibility index (Phi) is 8.31. The lowest BCUT2D eigenvalue weighted by molar-refractivity contribution is -0.158. The number of carbonyl (C=O) groups is 2. The molecule has 0 aliphatic heterocycles. The second kappa shape index (κ2) is 11.2. The van der Waals surface area contributed by atoms with Crippen LogP contribution in [0.15, 0.2) is 36.5 Å². The quantitative estimate of drug-likeness (QED) is 0.403. The van der Waals surface area contributed by atoms with Crippen LogP contribution >= 0.6 is 0 Å². The second-order valence-corrected chi connectivity index (χ2v) is 8.82. The number of Topliss-reactive ketones (excluding diaryl/α,β-unsaturated/α-hetero) is 1. The molecule has 1 aromatic heterocycles. The summed E-state index contributed by atoms with van der Waals surface area (Å²) in [6.07, 6.45) is 4.87. The van der Waals surface area contributed by atoms with E-state index < -0.39 is 23.8 Å². The van der Waals surface area contributed by atoms with Crippen LogP contribution in [0.4, 0.5) is 0 Å². The van der Waals surface area contributed by atoms with Crippen molar-refractivity contribution in [3.63, 3.8) is 0 Å². The molecule has 0 radical (unpaired) electrons. The Labute approximate surface area is 195 Å². The summed E-state index contributed by atoms with van der Waals surface area (Å²) in [5, 5.41) is 10.2. The number of pyridine rings is 1. The van der Waals surface area contributed by atoms with Gasteiger partial charge in [0.05, 0.1) is 13.0 Å². The average Bonchev–Trinajstić information content (AvgIpc) is 3.33. The first-order chi connectivity index (χ1) is 15.8. The molecule has 1 N–H and O–H groups in total. The highest BCUT2D eigenvalue weighted by molar-refractivity contribution is 5.99. The normalized spacial score (nSPS) is 16.6. The number of rotatable bonds is 10. The molecule has 178 valence electrons. The van der Waals surface area contributed by atoms with Crippen LogP contribution in [0.5, 0.6) is 17.2 Å². The van der Waals surface area contributed by atoms with Gasteiger partial charge in [0.1, 0.15) is 18.0 Å². The molecule has 0 unspecified atom stereocenters. The minimum Gasteiger partial charge on any atom is -0.503 e. The summed E-state index contributed by atoms with van der Waals surface area (Å²) in [4.78, 5) is 29.4. The van der Waals surface area contributed by atoms with E-state index in [1.165, 1.54) is 19.4 Å². The molecule has 33 heavy (non-hydrogen) atoms. The van der Waals surface area contributed by atoms with Gasteiger partial charge in [0.2, 0.25) is 0 Å². The number of aryl methyl sites for hydroxylation is 1. The largest absolute Gasteiger partial charge is 0.503 e. The van der Waals surface area contributed by atoms with E-state index >= 15 is 0 Å². The van der Waals surface area contributed by atoms with E-state index in [0.29, 0.717) is 5.92 Å². The first kappa shape index (κ1) is 24.6. The minimum atomic E-state index is -0.698. The van der Waals surface area contributed by atoms with Crippen molar-refractivity contribution in [2.24, 2.45) is 11.8 Å². The third kappa shape index (κ3) is 6.24. The van der Waals surface area contributed by atoms with Gasteiger partial charge < -0.3 is 19.3 Å². The zero-order valence-electron chi connectivity index (χ0n) is 19.7. The molecule has 2 aromatic rings. The highest BCUT2D eigenvalue weighted by atomic mass is 16.6. The fourth-order valence-electron chi connectivity index (χ4n) is 4.26. The number of ketones is 1. The number of hydrogen-bond donors (Lipinski definition) is 1. The predicted octanol–water partition coefficient (Wildman–Crippen LogP) is 4.88. The Bertz CT molecular complexity index is 952. The lowest BCUT2D eigenvalue weighted by Crippen LogP contribution is -2.40. The number of methoxy groups -OCH3 is 1. The molecule has 0 bridgehead atoms. The van der Waals surface area contributed by atoms with Crippen LogP contribution in [0.1, 0.15) is 62.0 Å². The van der Waals surface area contributed by atoms with Crippen LogP contribution in [-0.2, 0) is 9.53 Å². The summed E-state index contributed by atoms with van der Waals surface area (Å²) in [7, 11) is 1.39. The Morgan fingerprint density at radius 1 is 1.12 bits per heavy atom. The highest BCUT2D eigenvalue weighted by Gasteiger charge is 2.34. The first-order valence-corrected chi connectivity index (χ1v) is 11.5. The van der Waals surface area contributed by atoms with E-state index in [2.05, 4.69) is 4.98 Å². The summed E-state index contributed by atoms with van der Waals surface area (Å²) in [5.41, 5.74) is 1.03. The molecule has 1 fully saturated rings. The van der Waals surface area contributed by atoms with Crippen molar-refractivity contribution in [1.82, 2.24) is 4.98 Å². The highest BCUT2D eigenvalue weighted by Crippen LogP contribution is 2.33. The molecule has 0 spiro atoms. The molecule has 0 amide bonds. The number of ether oxygens (including phenoxy) is 3. The van der Waals surface area contributed by atoms with Gasteiger partial charge in [-0.3, -0.25) is 9.59 Å². The fraction of sp³-hybridized carbons (Fsp3) is 0.500. The number of benzene rings is 1. The molecule has 1 heterocycles. The van der Waals surface area contributed by atoms with Crippen LogP contribution < -0.4 is 9.47 Å². The van der Waals surface area contributed by atoms with Crippen LogP contribution in [0, 0.1) is 18.8 Å². The van der Waals surface area contributed by atoms with Crippen molar-refractivity contribution >= 4 is 11.8 Å². The number of carbonyl (C=O) groups excluding carboxylic acids is 2. The Hall–Kier alpha value is -3.09. The summed E-state index contributed by atoms with van der Waals surface area (Å²) in [6, 6.07) is 9.31. The van der Waals surface area contributed by atoms with Crippen LogP contribution in [0.25, 0.3) is 0 Å². The summed E-state index contributed by atoms with van der Waals surface area (Å²) in [6.45, 7) is 5.50. The van der Waals surface area contributed by atoms with Gasteiger partial charge in [0.15, 0.2) is 23.0 Å². The van der Waals surface area contributed by atoms with Crippen molar-refractivity contribution < 1.29 is 28.9 Å². The van der Waals surface area contributed by atoms with Gasteiger partial charge in [0, 0.05) is 18.7 Å². The van der Waals surface area contributed by atoms with Crippen molar-refractivity contribution in [2.75, 3.05) is 7.11 Å². The number of nitrogens with zero attached hydrogens (tertiary/aromatic N) is 1. The van der Waals surface area contributed by atoms with Gasteiger partial charge in [-0.05, 0) is 44.7 Å². The van der Waals surface area contributed by atoms with E-state index in [-0.39, 0.29) is 29.7 Å². The maximum Gasteiger partial charge on any atom is 0.309 e. The van der Waals surface area contributed by atoms with E-state index in [4.69, 9.17) is 14.2 Å². The number of aromatic hydroxyl groups is 1. The van der Waals surface area contributed by atoms with Crippen molar-refractivity contribution in [2.45, 2.75) is 65.1 Å².